The molecule has 1 amide bonds. The predicted molar refractivity (Wildman–Crippen MR) is 95.7 cm³/mol. The van der Waals surface area contributed by atoms with Crippen molar-refractivity contribution in [2.24, 2.45) is 11.1 Å². The van der Waals surface area contributed by atoms with Crippen molar-refractivity contribution in [1.82, 2.24) is 0 Å². The number of carbonyl (C=O) groups excluding carboxylic acids is 2. The van der Waals surface area contributed by atoms with Crippen LogP contribution in [0.1, 0.15) is 47.5 Å². The van der Waals surface area contributed by atoms with E-state index in [1.54, 1.807) is 0 Å². The Kier molecular flexibility index (Phi) is 6.49. The minimum absolute atomic E-state index is 0.0332. The Hall–Kier alpha value is -2.16. The molecule has 0 fully saturated rings. The first-order valence-corrected chi connectivity index (χ1v) is 7.89. The van der Waals surface area contributed by atoms with Crippen LogP contribution in [0.25, 0.3) is 0 Å². The topological polar surface area (TPSA) is 60.2 Å². The van der Waals surface area contributed by atoms with E-state index in [4.69, 9.17) is 5.73 Å². The molecule has 3 heteroatoms. The van der Waals surface area contributed by atoms with Crippen LogP contribution in [0.4, 0.5) is 0 Å². The standard InChI is InChI=1S/C20H27NO2/c1-14(7-6-8-15(2)13-19(21)23)9-10-17-16(3)18(22)11-12-20(17,4)5/h6-10,13H,11-12H2,1-5H3,(H2,21,23). The highest BCUT2D eigenvalue weighted by Crippen LogP contribution is 2.39. The number of nitrogens with two attached hydrogens (primary N) is 1. The fraction of sp³-hybridized carbons (Fsp3) is 0.400. The molecule has 0 aromatic carbocycles. The Balaban J connectivity index is 2.89. The van der Waals surface area contributed by atoms with Crippen LogP contribution in [-0.4, -0.2) is 11.7 Å². The zero-order valence-electron chi connectivity index (χ0n) is 14.8. The third kappa shape index (κ3) is 5.85. The van der Waals surface area contributed by atoms with Crippen LogP contribution in [0.3, 0.4) is 0 Å². The van der Waals surface area contributed by atoms with E-state index in [2.05, 4.69) is 19.9 Å². The van der Waals surface area contributed by atoms with E-state index in [0.29, 0.717) is 6.42 Å². The van der Waals surface area contributed by atoms with Crippen molar-refractivity contribution in [2.45, 2.75) is 47.5 Å². The number of Topliss-reactive ketones (excluding diaryl/α,β-unsaturated/α-hetero) is 1. The highest BCUT2D eigenvalue weighted by molar-refractivity contribution is 5.97. The average Bonchev–Trinajstić information content (AvgIpc) is 2.42. The van der Waals surface area contributed by atoms with Crippen molar-refractivity contribution in [2.75, 3.05) is 0 Å². The SMILES string of the molecule is CC(C=CC1=C(C)C(=O)CCC1(C)C)=CC=CC(C)=CC(N)=O. The smallest absolute Gasteiger partial charge is 0.241 e. The van der Waals surface area contributed by atoms with Crippen molar-refractivity contribution >= 4 is 11.7 Å². The summed E-state index contributed by atoms with van der Waals surface area (Å²) in [6.45, 7) is 10.1. The number of carbonyl (C=O) groups is 2. The highest BCUT2D eigenvalue weighted by Gasteiger charge is 2.30. The lowest BCUT2D eigenvalue weighted by molar-refractivity contribution is -0.116. The number of ketones is 1. The van der Waals surface area contributed by atoms with Gasteiger partial charge in [-0.1, -0.05) is 49.8 Å². The maximum atomic E-state index is 11.9. The summed E-state index contributed by atoms with van der Waals surface area (Å²) >= 11 is 0. The molecule has 0 aromatic rings. The summed E-state index contributed by atoms with van der Waals surface area (Å²) in [5.74, 6) is -0.197. The zero-order valence-corrected chi connectivity index (χ0v) is 14.8. The number of primary amides is 1. The third-order valence-corrected chi connectivity index (χ3v) is 4.13. The van der Waals surface area contributed by atoms with Gasteiger partial charge in [-0.25, -0.2) is 0 Å². The van der Waals surface area contributed by atoms with Crippen LogP contribution >= 0.6 is 0 Å². The maximum absolute atomic E-state index is 11.9. The van der Waals surface area contributed by atoms with Gasteiger partial charge in [0.05, 0.1) is 0 Å². The number of hydrogen-bond acceptors (Lipinski definition) is 2. The van der Waals surface area contributed by atoms with Crippen LogP contribution in [0, 0.1) is 5.41 Å². The number of allylic oxidation sites excluding steroid dienone is 9. The molecule has 0 unspecified atom stereocenters. The minimum atomic E-state index is -0.445. The van der Waals surface area contributed by atoms with Gasteiger partial charge in [-0.2, -0.15) is 0 Å². The summed E-state index contributed by atoms with van der Waals surface area (Å²) in [6, 6.07) is 0. The first-order chi connectivity index (χ1) is 10.6. The second-order valence-corrected chi connectivity index (χ2v) is 6.74. The summed E-state index contributed by atoms with van der Waals surface area (Å²) in [6.07, 6.45) is 12.7. The molecular formula is C20H27NO2. The van der Waals surface area contributed by atoms with Gasteiger partial charge in [0.1, 0.15) is 0 Å². The van der Waals surface area contributed by atoms with Gasteiger partial charge in [0, 0.05) is 12.5 Å². The monoisotopic (exact) mass is 313 g/mol. The Morgan fingerprint density at radius 2 is 1.83 bits per heavy atom. The van der Waals surface area contributed by atoms with E-state index in [1.165, 1.54) is 6.08 Å². The van der Waals surface area contributed by atoms with Crippen molar-refractivity contribution in [3.63, 3.8) is 0 Å². The molecule has 0 saturated heterocycles. The predicted octanol–water partition coefficient (Wildman–Crippen LogP) is 4.18. The van der Waals surface area contributed by atoms with Gasteiger partial charge in [0.15, 0.2) is 5.78 Å². The number of amides is 1. The number of hydrogen-bond donors (Lipinski definition) is 1. The summed E-state index contributed by atoms with van der Waals surface area (Å²) in [5, 5.41) is 0. The van der Waals surface area contributed by atoms with Gasteiger partial charge in [-0.05, 0) is 49.3 Å². The molecule has 1 rings (SSSR count). The molecular weight excluding hydrogens is 286 g/mol. The van der Waals surface area contributed by atoms with E-state index in [9.17, 15) is 9.59 Å². The Bertz CT molecular complexity index is 641. The summed E-state index contributed by atoms with van der Waals surface area (Å²) in [7, 11) is 0. The highest BCUT2D eigenvalue weighted by atomic mass is 16.1. The fourth-order valence-corrected chi connectivity index (χ4v) is 2.65. The van der Waals surface area contributed by atoms with Crippen molar-refractivity contribution in [1.29, 1.82) is 0 Å². The van der Waals surface area contributed by atoms with E-state index in [0.717, 1.165) is 28.7 Å². The van der Waals surface area contributed by atoms with E-state index in [1.807, 2.05) is 45.1 Å². The second-order valence-electron chi connectivity index (χ2n) is 6.74. The lowest BCUT2D eigenvalue weighted by Gasteiger charge is -2.32. The van der Waals surface area contributed by atoms with Crippen LogP contribution in [0.5, 0.6) is 0 Å². The largest absolute Gasteiger partial charge is 0.366 e. The molecule has 23 heavy (non-hydrogen) atoms. The van der Waals surface area contributed by atoms with Crippen LogP contribution < -0.4 is 5.73 Å². The molecule has 0 aliphatic heterocycles. The molecule has 0 saturated carbocycles. The van der Waals surface area contributed by atoms with Gasteiger partial charge >= 0.3 is 0 Å². The molecule has 0 atom stereocenters. The Labute approximate surface area is 139 Å². The van der Waals surface area contributed by atoms with E-state index < -0.39 is 5.91 Å². The van der Waals surface area contributed by atoms with E-state index in [-0.39, 0.29) is 11.2 Å². The molecule has 0 radical (unpaired) electrons. The molecule has 124 valence electrons. The quantitative estimate of drug-likeness (QED) is 0.611. The normalized spacial score (nSPS) is 20.0. The van der Waals surface area contributed by atoms with Gasteiger partial charge in [-0.15, -0.1) is 0 Å². The van der Waals surface area contributed by atoms with Gasteiger partial charge < -0.3 is 5.73 Å². The Morgan fingerprint density at radius 3 is 2.43 bits per heavy atom. The van der Waals surface area contributed by atoms with Crippen LogP contribution in [0.2, 0.25) is 0 Å². The van der Waals surface area contributed by atoms with Crippen molar-refractivity contribution in [3.8, 4) is 0 Å². The molecule has 1 aliphatic rings. The molecule has 1 aliphatic carbocycles. The summed E-state index contributed by atoms with van der Waals surface area (Å²) in [4.78, 5) is 22.7. The maximum Gasteiger partial charge on any atom is 0.241 e. The summed E-state index contributed by atoms with van der Waals surface area (Å²) in [5.41, 5.74) is 9.01. The first-order valence-electron chi connectivity index (χ1n) is 7.89. The fourth-order valence-electron chi connectivity index (χ4n) is 2.65. The van der Waals surface area contributed by atoms with Gasteiger partial charge in [0.2, 0.25) is 5.91 Å². The van der Waals surface area contributed by atoms with E-state index >= 15 is 0 Å². The minimum Gasteiger partial charge on any atom is -0.366 e. The zero-order chi connectivity index (χ0) is 17.6. The lowest BCUT2D eigenvalue weighted by atomic mass is 9.72. The molecule has 0 heterocycles. The van der Waals surface area contributed by atoms with Gasteiger partial charge in [-0.3, -0.25) is 9.59 Å². The molecule has 0 bridgehead atoms. The van der Waals surface area contributed by atoms with Crippen LogP contribution in [0.15, 0.2) is 58.7 Å². The van der Waals surface area contributed by atoms with Crippen LogP contribution in [-0.2, 0) is 9.59 Å². The molecule has 0 spiro atoms. The summed E-state index contributed by atoms with van der Waals surface area (Å²) < 4.78 is 0. The average molecular weight is 313 g/mol. The first kappa shape index (κ1) is 18.9. The molecule has 0 aromatic heterocycles. The third-order valence-electron chi connectivity index (χ3n) is 4.13. The Morgan fingerprint density at radius 1 is 1.17 bits per heavy atom. The molecule has 3 nitrogen and oxygen atoms in total. The van der Waals surface area contributed by atoms with Crippen molar-refractivity contribution in [3.05, 3.63) is 58.7 Å². The number of rotatable bonds is 5. The van der Waals surface area contributed by atoms with Crippen molar-refractivity contribution < 1.29 is 9.59 Å². The molecule has 2 N–H and O–H groups in total. The second kappa shape index (κ2) is 7.91. The lowest BCUT2D eigenvalue weighted by Crippen LogP contribution is -2.24. The van der Waals surface area contributed by atoms with Gasteiger partial charge in [0.25, 0.3) is 0 Å².